The highest BCUT2D eigenvalue weighted by Gasteiger charge is 2.16. The summed E-state index contributed by atoms with van der Waals surface area (Å²) < 4.78 is 17.5. The Balaban J connectivity index is 1.76. The van der Waals surface area contributed by atoms with Crippen molar-refractivity contribution in [2.75, 3.05) is 20.5 Å². The van der Waals surface area contributed by atoms with Gasteiger partial charge in [-0.1, -0.05) is 11.8 Å². The van der Waals surface area contributed by atoms with Gasteiger partial charge in [-0.05, 0) is 42.7 Å². The molecule has 0 spiro atoms. The molecular weight excluding hydrogens is 368 g/mol. The van der Waals surface area contributed by atoms with Crippen LogP contribution in [0.3, 0.4) is 0 Å². The molecule has 1 aromatic carbocycles. The number of carbonyl (C=O) groups excluding carboxylic acids is 1. The van der Waals surface area contributed by atoms with Crippen LogP contribution in [0.15, 0.2) is 46.0 Å². The fraction of sp³-hybridized carbons (Fsp3) is 0.278. The summed E-state index contributed by atoms with van der Waals surface area (Å²) >= 11 is 1.47. The molecule has 0 aliphatic rings. The summed E-state index contributed by atoms with van der Waals surface area (Å²) in [6.45, 7) is 0.523. The number of methoxy groups -OCH3 is 2. The maximum Gasteiger partial charge on any atom is 0.287 e. The smallest absolute Gasteiger partial charge is 0.287 e. The van der Waals surface area contributed by atoms with Gasteiger partial charge in [0.2, 0.25) is 0 Å². The van der Waals surface area contributed by atoms with Crippen LogP contribution in [0.5, 0.6) is 5.75 Å². The van der Waals surface area contributed by atoms with Gasteiger partial charge in [-0.25, -0.2) is 0 Å². The standard InChI is InChI=1S/C18H20N4O4S/c1-24-11-14-8-9-15(26-14)17(23)19-10-16-20-21-18(27-3)22(16)12-4-6-13(25-2)7-5-12/h4-9H,10-11H2,1-3H3,(H,19,23). The van der Waals surface area contributed by atoms with Crippen molar-refractivity contribution in [3.8, 4) is 11.4 Å². The molecule has 2 aromatic heterocycles. The Morgan fingerprint density at radius 3 is 2.63 bits per heavy atom. The molecule has 27 heavy (non-hydrogen) atoms. The van der Waals surface area contributed by atoms with Gasteiger partial charge in [0.25, 0.3) is 5.91 Å². The Kier molecular flexibility index (Phi) is 6.15. The average molecular weight is 388 g/mol. The lowest BCUT2D eigenvalue weighted by Crippen LogP contribution is -2.24. The van der Waals surface area contributed by atoms with Crippen molar-refractivity contribution in [3.05, 3.63) is 53.7 Å². The zero-order valence-corrected chi connectivity index (χ0v) is 16.1. The molecule has 142 valence electrons. The first-order valence-electron chi connectivity index (χ1n) is 8.14. The van der Waals surface area contributed by atoms with E-state index in [1.165, 1.54) is 11.8 Å². The lowest BCUT2D eigenvalue weighted by molar-refractivity contribution is 0.0913. The van der Waals surface area contributed by atoms with Crippen molar-refractivity contribution < 1.29 is 18.7 Å². The Morgan fingerprint density at radius 1 is 1.19 bits per heavy atom. The van der Waals surface area contributed by atoms with Gasteiger partial charge in [0.1, 0.15) is 18.1 Å². The van der Waals surface area contributed by atoms with Crippen LogP contribution in [0, 0.1) is 0 Å². The summed E-state index contributed by atoms with van der Waals surface area (Å²) in [5, 5.41) is 11.9. The summed E-state index contributed by atoms with van der Waals surface area (Å²) in [6.07, 6.45) is 1.92. The fourth-order valence-corrected chi connectivity index (χ4v) is 3.02. The van der Waals surface area contributed by atoms with Crippen molar-refractivity contribution >= 4 is 17.7 Å². The Labute approximate surface area is 160 Å². The second-order valence-corrected chi connectivity index (χ2v) is 6.29. The molecule has 1 N–H and O–H groups in total. The lowest BCUT2D eigenvalue weighted by atomic mass is 10.3. The first kappa shape index (κ1) is 19.0. The van der Waals surface area contributed by atoms with Gasteiger partial charge in [0, 0.05) is 12.8 Å². The Morgan fingerprint density at radius 2 is 1.96 bits per heavy atom. The molecule has 0 fully saturated rings. The van der Waals surface area contributed by atoms with E-state index in [-0.39, 0.29) is 18.2 Å². The summed E-state index contributed by atoms with van der Waals surface area (Å²) in [4.78, 5) is 12.3. The van der Waals surface area contributed by atoms with Crippen molar-refractivity contribution in [3.63, 3.8) is 0 Å². The molecule has 0 aliphatic carbocycles. The molecule has 1 amide bonds. The van der Waals surface area contributed by atoms with E-state index in [0.717, 1.165) is 16.6 Å². The van der Waals surface area contributed by atoms with E-state index in [1.807, 2.05) is 35.1 Å². The van der Waals surface area contributed by atoms with E-state index < -0.39 is 0 Å². The highest BCUT2D eigenvalue weighted by atomic mass is 32.2. The first-order valence-corrected chi connectivity index (χ1v) is 9.37. The van der Waals surface area contributed by atoms with E-state index in [1.54, 1.807) is 26.4 Å². The summed E-state index contributed by atoms with van der Waals surface area (Å²) in [5.41, 5.74) is 0.884. The van der Waals surface area contributed by atoms with E-state index in [2.05, 4.69) is 15.5 Å². The van der Waals surface area contributed by atoms with Crippen LogP contribution in [0.4, 0.5) is 0 Å². The van der Waals surface area contributed by atoms with Crippen LogP contribution in [-0.4, -0.2) is 41.1 Å². The minimum absolute atomic E-state index is 0.207. The quantitative estimate of drug-likeness (QED) is 0.593. The number of hydrogen-bond acceptors (Lipinski definition) is 7. The van der Waals surface area contributed by atoms with Crippen LogP contribution >= 0.6 is 11.8 Å². The highest BCUT2D eigenvalue weighted by Crippen LogP contribution is 2.22. The number of ether oxygens (including phenoxy) is 2. The van der Waals surface area contributed by atoms with Crippen molar-refractivity contribution in [2.45, 2.75) is 18.3 Å². The summed E-state index contributed by atoms with van der Waals surface area (Å²) in [6, 6.07) is 10.9. The minimum Gasteiger partial charge on any atom is -0.497 e. The van der Waals surface area contributed by atoms with Crippen molar-refractivity contribution in [1.29, 1.82) is 0 Å². The number of rotatable bonds is 8. The van der Waals surface area contributed by atoms with Gasteiger partial charge in [-0.15, -0.1) is 10.2 Å². The average Bonchev–Trinajstić information content (AvgIpc) is 3.33. The summed E-state index contributed by atoms with van der Waals surface area (Å²) in [7, 11) is 3.19. The van der Waals surface area contributed by atoms with E-state index in [9.17, 15) is 4.79 Å². The van der Waals surface area contributed by atoms with Gasteiger partial charge < -0.3 is 19.2 Å². The van der Waals surface area contributed by atoms with E-state index in [4.69, 9.17) is 13.9 Å². The molecule has 0 saturated carbocycles. The number of nitrogens with one attached hydrogen (secondary N) is 1. The molecule has 0 saturated heterocycles. The van der Waals surface area contributed by atoms with E-state index >= 15 is 0 Å². The lowest BCUT2D eigenvalue weighted by Gasteiger charge is -2.10. The van der Waals surface area contributed by atoms with Crippen LogP contribution in [0.25, 0.3) is 5.69 Å². The molecule has 0 aliphatic heterocycles. The second kappa shape index (κ2) is 8.74. The normalized spacial score (nSPS) is 10.8. The molecule has 9 heteroatoms. The molecule has 0 unspecified atom stereocenters. The second-order valence-electron chi connectivity index (χ2n) is 5.52. The van der Waals surface area contributed by atoms with Crippen LogP contribution < -0.4 is 10.1 Å². The zero-order valence-electron chi connectivity index (χ0n) is 15.3. The third kappa shape index (κ3) is 4.32. The largest absolute Gasteiger partial charge is 0.497 e. The van der Waals surface area contributed by atoms with Crippen molar-refractivity contribution in [2.24, 2.45) is 0 Å². The summed E-state index contributed by atoms with van der Waals surface area (Å²) in [5.74, 6) is 1.86. The monoisotopic (exact) mass is 388 g/mol. The molecule has 3 rings (SSSR count). The predicted molar refractivity (Wildman–Crippen MR) is 100 cm³/mol. The molecular formula is C18H20N4O4S. The number of nitrogens with zero attached hydrogens (tertiary/aromatic N) is 3. The topological polar surface area (TPSA) is 91.4 Å². The number of furan rings is 1. The van der Waals surface area contributed by atoms with Gasteiger partial charge in [-0.2, -0.15) is 0 Å². The molecule has 3 aromatic rings. The molecule has 0 atom stereocenters. The van der Waals surface area contributed by atoms with Gasteiger partial charge in [0.15, 0.2) is 16.7 Å². The van der Waals surface area contributed by atoms with Gasteiger partial charge in [0.05, 0.1) is 13.7 Å². The maximum absolute atomic E-state index is 12.3. The molecule has 0 bridgehead atoms. The fourth-order valence-electron chi connectivity index (χ4n) is 2.50. The molecule has 8 nitrogen and oxygen atoms in total. The van der Waals surface area contributed by atoms with E-state index in [0.29, 0.717) is 18.2 Å². The zero-order chi connectivity index (χ0) is 19.2. The third-order valence-corrected chi connectivity index (χ3v) is 4.42. The third-order valence-electron chi connectivity index (χ3n) is 3.79. The van der Waals surface area contributed by atoms with Crippen molar-refractivity contribution in [1.82, 2.24) is 20.1 Å². The Hall–Kier alpha value is -2.78. The number of carbonyl (C=O) groups is 1. The maximum atomic E-state index is 12.3. The van der Waals surface area contributed by atoms with Crippen LogP contribution in [0.1, 0.15) is 22.1 Å². The van der Waals surface area contributed by atoms with Gasteiger partial charge in [-0.3, -0.25) is 9.36 Å². The predicted octanol–water partition coefficient (Wildman–Crippen LogP) is 2.67. The number of amides is 1. The van der Waals surface area contributed by atoms with Gasteiger partial charge >= 0.3 is 0 Å². The number of hydrogen-bond donors (Lipinski definition) is 1. The molecule has 2 heterocycles. The first-order chi connectivity index (χ1) is 13.2. The molecule has 0 radical (unpaired) electrons. The highest BCUT2D eigenvalue weighted by molar-refractivity contribution is 7.98. The number of aromatic nitrogens is 3. The van der Waals surface area contributed by atoms with Crippen LogP contribution in [0.2, 0.25) is 0 Å². The Bertz CT molecular complexity index is 904. The number of benzene rings is 1. The minimum atomic E-state index is -0.327. The number of thioether (sulfide) groups is 1. The van der Waals surface area contributed by atoms with Crippen LogP contribution in [-0.2, 0) is 17.9 Å². The SMILES string of the molecule is COCc1ccc(C(=O)NCc2nnc(SC)n2-c2ccc(OC)cc2)o1.